The van der Waals surface area contributed by atoms with E-state index >= 15 is 0 Å². The average Bonchev–Trinajstić information content (AvgIpc) is 2.53. The van der Waals surface area contributed by atoms with Crippen LogP contribution < -0.4 is 4.90 Å². The Balaban J connectivity index is 1.98. The molecule has 6 nitrogen and oxygen atoms in total. The van der Waals surface area contributed by atoms with Gasteiger partial charge in [0, 0.05) is 26.7 Å². The molecule has 0 spiro atoms. The fourth-order valence-corrected chi connectivity index (χ4v) is 2.08. The van der Waals surface area contributed by atoms with E-state index in [0.29, 0.717) is 18.9 Å². The lowest BCUT2D eigenvalue weighted by molar-refractivity contribution is 0.0787. The highest BCUT2D eigenvalue weighted by molar-refractivity contribution is 5.91. The van der Waals surface area contributed by atoms with Gasteiger partial charge in [0.25, 0.3) is 5.91 Å². The second-order valence-corrected chi connectivity index (χ2v) is 4.94. The summed E-state index contributed by atoms with van der Waals surface area (Å²) in [5.74, 6) is 0.737. The van der Waals surface area contributed by atoms with Crippen LogP contribution in [-0.2, 0) is 4.74 Å². The van der Waals surface area contributed by atoms with Crippen LogP contribution in [0.1, 0.15) is 30.3 Å². The molecule has 1 aliphatic heterocycles. The van der Waals surface area contributed by atoms with E-state index in [0.717, 1.165) is 38.3 Å². The van der Waals surface area contributed by atoms with Gasteiger partial charge in [0.15, 0.2) is 0 Å². The third-order valence-corrected chi connectivity index (χ3v) is 3.39. The van der Waals surface area contributed by atoms with Gasteiger partial charge < -0.3 is 14.5 Å². The van der Waals surface area contributed by atoms with Crippen molar-refractivity contribution in [2.45, 2.75) is 19.8 Å². The van der Waals surface area contributed by atoms with Crippen LogP contribution >= 0.6 is 0 Å². The summed E-state index contributed by atoms with van der Waals surface area (Å²) in [6.07, 6.45) is 5.31. The second kappa shape index (κ2) is 7.19. The zero-order chi connectivity index (χ0) is 14.4. The fourth-order valence-electron chi connectivity index (χ4n) is 2.08. The summed E-state index contributed by atoms with van der Waals surface area (Å²) in [6.45, 7) is 5.92. The van der Waals surface area contributed by atoms with Crippen LogP contribution in [0.2, 0.25) is 0 Å². The number of morpholine rings is 1. The maximum atomic E-state index is 12.1. The number of unbranched alkanes of at least 4 members (excludes halogenated alkanes) is 1. The van der Waals surface area contributed by atoms with Gasteiger partial charge in [-0.25, -0.2) is 9.97 Å². The van der Waals surface area contributed by atoms with Crippen molar-refractivity contribution in [3.63, 3.8) is 0 Å². The molecule has 0 saturated carbocycles. The molecule has 20 heavy (non-hydrogen) atoms. The molecule has 1 aromatic rings. The number of carbonyl (C=O) groups is 1. The number of hydrogen-bond acceptors (Lipinski definition) is 5. The summed E-state index contributed by atoms with van der Waals surface area (Å²) < 4.78 is 5.30. The summed E-state index contributed by atoms with van der Waals surface area (Å²) in [5, 5.41) is 0. The topological polar surface area (TPSA) is 58.6 Å². The molecular formula is C14H22N4O2. The molecule has 0 N–H and O–H groups in total. The Bertz CT molecular complexity index is 429. The maximum Gasteiger partial charge on any atom is 0.273 e. The second-order valence-electron chi connectivity index (χ2n) is 4.94. The molecule has 1 fully saturated rings. The van der Waals surface area contributed by atoms with Crippen molar-refractivity contribution >= 4 is 11.7 Å². The summed E-state index contributed by atoms with van der Waals surface area (Å²) in [6, 6.07) is 0. The van der Waals surface area contributed by atoms with E-state index in [4.69, 9.17) is 4.74 Å². The molecule has 0 bridgehead atoms. The summed E-state index contributed by atoms with van der Waals surface area (Å²) in [5.41, 5.74) is 0.403. The molecule has 1 saturated heterocycles. The number of anilines is 1. The van der Waals surface area contributed by atoms with Crippen LogP contribution in [0.15, 0.2) is 12.4 Å². The first-order chi connectivity index (χ1) is 9.72. The molecule has 0 radical (unpaired) electrons. The van der Waals surface area contributed by atoms with Crippen LogP contribution in [0, 0.1) is 0 Å². The van der Waals surface area contributed by atoms with Gasteiger partial charge in [0.2, 0.25) is 0 Å². The van der Waals surface area contributed by atoms with E-state index in [9.17, 15) is 4.79 Å². The molecule has 1 amide bonds. The first kappa shape index (κ1) is 14.7. The normalized spacial score (nSPS) is 15.2. The molecule has 110 valence electrons. The number of rotatable bonds is 5. The van der Waals surface area contributed by atoms with Gasteiger partial charge in [0.05, 0.1) is 25.6 Å². The maximum absolute atomic E-state index is 12.1. The smallest absolute Gasteiger partial charge is 0.273 e. The summed E-state index contributed by atoms with van der Waals surface area (Å²) in [4.78, 5) is 24.5. The van der Waals surface area contributed by atoms with E-state index < -0.39 is 0 Å². The lowest BCUT2D eigenvalue weighted by Gasteiger charge is -2.27. The van der Waals surface area contributed by atoms with E-state index in [1.165, 1.54) is 0 Å². The van der Waals surface area contributed by atoms with E-state index in [-0.39, 0.29) is 5.91 Å². The minimum atomic E-state index is -0.0699. The van der Waals surface area contributed by atoms with Crippen molar-refractivity contribution in [1.82, 2.24) is 14.9 Å². The van der Waals surface area contributed by atoms with Crippen molar-refractivity contribution < 1.29 is 9.53 Å². The Kier molecular flexibility index (Phi) is 5.29. The zero-order valence-electron chi connectivity index (χ0n) is 12.2. The van der Waals surface area contributed by atoms with Crippen LogP contribution in [0.5, 0.6) is 0 Å². The molecule has 1 aliphatic rings. The van der Waals surface area contributed by atoms with E-state index in [1.54, 1.807) is 24.3 Å². The van der Waals surface area contributed by atoms with Gasteiger partial charge in [0.1, 0.15) is 11.5 Å². The first-order valence-electron chi connectivity index (χ1n) is 7.12. The van der Waals surface area contributed by atoms with Gasteiger partial charge in [-0.05, 0) is 6.42 Å². The first-order valence-corrected chi connectivity index (χ1v) is 7.12. The quantitative estimate of drug-likeness (QED) is 0.809. The number of carbonyl (C=O) groups excluding carboxylic acids is 1. The van der Waals surface area contributed by atoms with E-state index in [2.05, 4.69) is 21.8 Å². The lowest BCUT2D eigenvalue weighted by atomic mass is 10.3. The van der Waals surface area contributed by atoms with Gasteiger partial charge in [-0.3, -0.25) is 4.79 Å². The highest BCUT2D eigenvalue weighted by atomic mass is 16.5. The monoisotopic (exact) mass is 278 g/mol. The van der Waals surface area contributed by atoms with Crippen molar-refractivity contribution in [2.24, 2.45) is 0 Å². The minimum absolute atomic E-state index is 0.0699. The number of amides is 1. The molecule has 0 aromatic carbocycles. The molecule has 1 aromatic heterocycles. The Morgan fingerprint density at radius 2 is 2.10 bits per heavy atom. The Morgan fingerprint density at radius 3 is 2.70 bits per heavy atom. The number of aromatic nitrogens is 2. The molecule has 0 aliphatic carbocycles. The molecule has 0 unspecified atom stereocenters. The third-order valence-electron chi connectivity index (χ3n) is 3.39. The molecule has 6 heteroatoms. The highest BCUT2D eigenvalue weighted by Crippen LogP contribution is 2.11. The molecule has 2 heterocycles. The van der Waals surface area contributed by atoms with Crippen molar-refractivity contribution in [2.75, 3.05) is 44.8 Å². The SMILES string of the molecule is CCCCN(C)C(=O)c1cnc(N2CCOCC2)cn1. The fraction of sp³-hybridized carbons (Fsp3) is 0.643. The van der Waals surface area contributed by atoms with Crippen LogP contribution in [0.25, 0.3) is 0 Å². The third kappa shape index (κ3) is 3.66. The molecule has 2 rings (SSSR count). The van der Waals surface area contributed by atoms with Crippen molar-refractivity contribution in [3.05, 3.63) is 18.1 Å². The van der Waals surface area contributed by atoms with Gasteiger partial charge in [-0.2, -0.15) is 0 Å². The Hall–Kier alpha value is -1.69. The minimum Gasteiger partial charge on any atom is -0.378 e. The van der Waals surface area contributed by atoms with Gasteiger partial charge in [-0.15, -0.1) is 0 Å². The highest BCUT2D eigenvalue weighted by Gasteiger charge is 2.16. The van der Waals surface area contributed by atoms with Crippen LogP contribution in [-0.4, -0.2) is 60.7 Å². The predicted octanol–water partition coefficient (Wildman–Crippen LogP) is 1.19. The summed E-state index contributed by atoms with van der Waals surface area (Å²) in [7, 11) is 1.80. The van der Waals surface area contributed by atoms with Gasteiger partial charge in [-0.1, -0.05) is 13.3 Å². The zero-order valence-corrected chi connectivity index (χ0v) is 12.2. The molecule has 0 atom stereocenters. The lowest BCUT2D eigenvalue weighted by Crippen LogP contribution is -2.37. The van der Waals surface area contributed by atoms with Crippen molar-refractivity contribution in [3.8, 4) is 0 Å². The standard InChI is InChI=1S/C14H22N4O2/c1-3-4-5-17(2)14(19)12-10-16-13(11-15-12)18-6-8-20-9-7-18/h10-11H,3-9H2,1-2H3. The number of ether oxygens (including phenoxy) is 1. The van der Waals surface area contributed by atoms with Gasteiger partial charge >= 0.3 is 0 Å². The van der Waals surface area contributed by atoms with Crippen molar-refractivity contribution in [1.29, 1.82) is 0 Å². The van der Waals surface area contributed by atoms with E-state index in [1.807, 2.05) is 0 Å². The number of hydrogen-bond donors (Lipinski definition) is 0. The largest absolute Gasteiger partial charge is 0.378 e. The van der Waals surface area contributed by atoms with Crippen LogP contribution in [0.3, 0.4) is 0 Å². The molecular weight excluding hydrogens is 256 g/mol. The van der Waals surface area contributed by atoms with Crippen LogP contribution in [0.4, 0.5) is 5.82 Å². The Labute approximate surface area is 119 Å². The Morgan fingerprint density at radius 1 is 1.35 bits per heavy atom. The average molecular weight is 278 g/mol. The number of nitrogens with zero attached hydrogens (tertiary/aromatic N) is 4. The summed E-state index contributed by atoms with van der Waals surface area (Å²) >= 11 is 0. The predicted molar refractivity (Wildman–Crippen MR) is 76.9 cm³/mol.